The van der Waals surface area contributed by atoms with Crippen molar-refractivity contribution in [1.82, 2.24) is 14.4 Å². The number of nitrogens with zero attached hydrogens (tertiary/aromatic N) is 4. The van der Waals surface area contributed by atoms with E-state index in [9.17, 15) is 4.79 Å². The Labute approximate surface area is 194 Å². The molecule has 166 valence electrons. The standard InChI is InChI=1S/C25H22N4O3S/c1-16-22(28-14-8-7-11-20(28)26-16)24(30)29(15-17-9-5-4-6-10-17)25-27-21-18(31-2)12-13-19(32-3)23(21)33-25/h4-14H,15H2,1-3H3. The number of rotatable bonds is 6. The molecule has 5 rings (SSSR count). The molecule has 1 amide bonds. The van der Waals surface area contributed by atoms with Gasteiger partial charge < -0.3 is 9.47 Å². The van der Waals surface area contributed by atoms with Crippen molar-refractivity contribution in [2.45, 2.75) is 13.5 Å². The second-order valence-electron chi connectivity index (χ2n) is 7.50. The van der Waals surface area contributed by atoms with Crippen LogP contribution in [-0.4, -0.2) is 34.5 Å². The van der Waals surface area contributed by atoms with Crippen molar-refractivity contribution >= 4 is 38.2 Å². The molecular weight excluding hydrogens is 436 g/mol. The molecular formula is C25H22N4O3S. The van der Waals surface area contributed by atoms with E-state index >= 15 is 0 Å². The number of methoxy groups -OCH3 is 2. The summed E-state index contributed by atoms with van der Waals surface area (Å²) >= 11 is 1.40. The summed E-state index contributed by atoms with van der Waals surface area (Å²) in [6.07, 6.45) is 1.85. The number of carbonyl (C=O) groups excluding carboxylic acids is 1. The highest BCUT2D eigenvalue weighted by Crippen LogP contribution is 2.40. The van der Waals surface area contributed by atoms with Gasteiger partial charge in [-0.15, -0.1) is 0 Å². The molecule has 0 saturated carbocycles. The molecule has 0 bridgehead atoms. The molecule has 7 nitrogen and oxygen atoms in total. The van der Waals surface area contributed by atoms with Crippen LogP contribution in [0.1, 0.15) is 21.7 Å². The summed E-state index contributed by atoms with van der Waals surface area (Å²) in [6, 6.07) is 19.2. The SMILES string of the molecule is COc1ccc(OC)c2sc(N(Cc3ccccc3)C(=O)c3c(C)nc4ccccn34)nc12. The van der Waals surface area contributed by atoms with Crippen molar-refractivity contribution in [2.75, 3.05) is 19.1 Å². The van der Waals surface area contributed by atoms with Crippen LogP contribution in [0.4, 0.5) is 5.13 Å². The maximum atomic E-state index is 14.0. The van der Waals surface area contributed by atoms with Crippen LogP contribution < -0.4 is 14.4 Å². The molecule has 8 heteroatoms. The second kappa shape index (κ2) is 8.55. The molecule has 0 saturated heterocycles. The van der Waals surface area contributed by atoms with Crippen LogP contribution >= 0.6 is 11.3 Å². The number of benzene rings is 2. The van der Waals surface area contributed by atoms with Crippen molar-refractivity contribution < 1.29 is 14.3 Å². The monoisotopic (exact) mass is 458 g/mol. The number of anilines is 1. The van der Waals surface area contributed by atoms with Crippen molar-refractivity contribution in [3.05, 3.63) is 83.8 Å². The van der Waals surface area contributed by atoms with Gasteiger partial charge in [-0.2, -0.15) is 0 Å². The number of hydrogen-bond donors (Lipinski definition) is 0. The van der Waals surface area contributed by atoms with Gasteiger partial charge in [-0.25, -0.2) is 9.97 Å². The number of amides is 1. The van der Waals surface area contributed by atoms with E-state index in [0.29, 0.717) is 40.1 Å². The summed E-state index contributed by atoms with van der Waals surface area (Å²) < 4.78 is 13.7. The minimum absolute atomic E-state index is 0.174. The third-order valence-corrected chi connectivity index (χ3v) is 6.56. The predicted molar refractivity (Wildman–Crippen MR) is 130 cm³/mol. The second-order valence-corrected chi connectivity index (χ2v) is 8.47. The Hall–Kier alpha value is -3.91. The van der Waals surface area contributed by atoms with Crippen LogP contribution in [0, 0.1) is 6.92 Å². The first kappa shape index (κ1) is 21.0. The van der Waals surface area contributed by atoms with Crippen LogP contribution in [0.25, 0.3) is 15.9 Å². The van der Waals surface area contributed by atoms with E-state index < -0.39 is 0 Å². The molecule has 0 spiro atoms. The molecule has 0 aliphatic heterocycles. The van der Waals surface area contributed by atoms with Crippen LogP contribution in [0.3, 0.4) is 0 Å². The minimum Gasteiger partial charge on any atom is -0.495 e. The Morgan fingerprint density at radius 3 is 2.45 bits per heavy atom. The predicted octanol–water partition coefficient (Wildman–Crippen LogP) is 5.12. The van der Waals surface area contributed by atoms with E-state index in [2.05, 4.69) is 4.98 Å². The van der Waals surface area contributed by atoms with E-state index in [0.717, 1.165) is 15.9 Å². The van der Waals surface area contributed by atoms with Crippen LogP contribution in [0.15, 0.2) is 66.9 Å². The zero-order valence-electron chi connectivity index (χ0n) is 18.5. The summed E-state index contributed by atoms with van der Waals surface area (Å²) in [5.41, 5.74) is 3.57. The first-order chi connectivity index (χ1) is 16.1. The molecule has 0 aliphatic carbocycles. The largest absolute Gasteiger partial charge is 0.495 e. The molecule has 5 aromatic rings. The Kier molecular flexibility index (Phi) is 5.43. The lowest BCUT2D eigenvalue weighted by molar-refractivity contribution is 0.0979. The maximum absolute atomic E-state index is 14.0. The maximum Gasteiger partial charge on any atom is 0.279 e. The van der Waals surface area contributed by atoms with Crippen LogP contribution in [0.2, 0.25) is 0 Å². The molecule has 3 aromatic heterocycles. The lowest BCUT2D eigenvalue weighted by Crippen LogP contribution is -2.31. The molecule has 0 unspecified atom stereocenters. The molecule has 0 N–H and O–H groups in total. The van der Waals surface area contributed by atoms with Gasteiger partial charge in [-0.3, -0.25) is 14.1 Å². The molecule has 2 aromatic carbocycles. The van der Waals surface area contributed by atoms with E-state index in [-0.39, 0.29) is 5.91 Å². The minimum atomic E-state index is -0.174. The van der Waals surface area contributed by atoms with Crippen molar-refractivity contribution in [2.24, 2.45) is 0 Å². The van der Waals surface area contributed by atoms with Gasteiger partial charge in [-0.05, 0) is 36.8 Å². The number of hydrogen-bond acceptors (Lipinski definition) is 6. The van der Waals surface area contributed by atoms with E-state index in [1.165, 1.54) is 11.3 Å². The summed E-state index contributed by atoms with van der Waals surface area (Å²) in [5.74, 6) is 1.14. The fourth-order valence-electron chi connectivity index (χ4n) is 3.88. The van der Waals surface area contributed by atoms with Gasteiger partial charge in [0.1, 0.15) is 33.1 Å². The van der Waals surface area contributed by atoms with Gasteiger partial charge in [-0.1, -0.05) is 47.7 Å². The summed E-state index contributed by atoms with van der Waals surface area (Å²) in [7, 11) is 3.23. The number of thiazole rings is 1. The molecule has 0 atom stereocenters. The summed E-state index contributed by atoms with van der Waals surface area (Å²) in [6.45, 7) is 2.22. The first-order valence-corrected chi connectivity index (χ1v) is 11.2. The lowest BCUT2D eigenvalue weighted by Gasteiger charge is -2.20. The van der Waals surface area contributed by atoms with Gasteiger partial charge in [0.15, 0.2) is 5.13 Å². The molecule has 0 radical (unpaired) electrons. The molecule has 3 heterocycles. The quantitative estimate of drug-likeness (QED) is 0.353. The van der Waals surface area contributed by atoms with Crippen molar-refractivity contribution in [3.8, 4) is 11.5 Å². The zero-order valence-corrected chi connectivity index (χ0v) is 19.3. The third-order valence-electron chi connectivity index (χ3n) is 5.47. The number of fused-ring (bicyclic) bond motifs is 2. The number of pyridine rings is 1. The smallest absolute Gasteiger partial charge is 0.279 e. The average Bonchev–Trinajstić information content (AvgIpc) is 3.43. The molecule has 0 fully saturated rings. The number of imidazole rings is 1. The zero-order chi connectivity index (χ0) is 22.9. The summed E-state index contributed by atoms with van der Waals surface area (Å²) in [5, 5.41) is 0.562. The van der Waals surface area contributed by atoms with Crippen molar-refractivity contribution in [1.29, 1.82) is 0 Å². The van der Waals surface area contributed by atoms with E-state index in [4.69, 9.17) is 14.5 Å². The summed E-state index contributed by atoms with van der Waals surface area (Å²) in [4.78, 5) is 25.1. The Morgan fingerprint density at radius 2 is 1.70 bits per heavy atom. The van der Waals surface area contributed by atoms with Gasteiger partial charge in [0.2, 0.25) is 0 Å². The van der Waals surface area contributed by atoms with Gasteiger partial charge in [0.05, 0.1) is 26.5 Å². The van der Waals surface area contributed by atoms with Crippen LogP contribution in [-0.2, 0) is 6.54 Å². The third kappa shape index (κ3) is 3.68. The molecule has 33 heavy (non-hydrogen) atoms. The Bertz CT molecular complexity index is 1420. The fourth-order valence-corrected chi connectivity index (χ4v) is 4.95. The first-order valence-electron chi connectivity index (χ1n) is 10.4. The molecule has 0 aliphatic rings. The van der Waals surface area contributed by atoms with Gasteiger partial charge in [0, 0.05) is 6.20 Å². The highest BCUT2D eigenvalue weighted by atomic mass is 32.1. The average molecular weight is 459 g/mol. The fraction of sp³-hybridized carbons (Fsp3) is 0.160. The van der Waals surface area contributed by atoms with E-state index in [1.807, 2.05) is 78.2 Å². The topological polar surface area (TPSA) is 69.0 Å². The van der Waals surface area contributed by atoms with E-state index in [1.54, 1.807) is 19.1 Å². The van der Waals surface area contributed by atoms with Crippen molar-refractivity contribution in [3.63, 3.8) is 0 Å². The highest BCUT2D eigenvalue weighted by molar-refractivity contribution is 7.22. The Morgan fingerprint density at radius 1 is 0.970 bits per heavy atom. The number of ether oxygens (including phenoxy) is 2. The highest BCUT2D eigenvalue weighted by Gasteiger charge is 2.27. The lowest BCUT2D eigenvalue weighted by atomic mass is 10.2. The van der Waals surface area contributed by atoms with Gasteiger partial charge in [0.25, 0.3) is 5.91 Å². The number of aryl methyl sites for hydroxylation is 1. The normalized spacial score (nSPS) is 11.1. The van der Waals surface area contributed by atoms with Gasteiger partial charge >= 0.3 is 0 Å². The van der Waals surface area contributed by atoms with Crippen LogP contribution in [0.5, 0.6) is 11.5 Å². The number of aromatic nitrogens is 3. The Balaban J connectivity index is 1.68. The number of carbonyl (C=O) groups is 1.